The van der Waals surface area contributed by atoms with Crippen molar-refractivity contribution in [3.63, 3.8) is 0 Å². The lowest BCUT2D eigenvalue weighted by molar-refractivity contribution is -0.120. The molecule has 0 aliphatic carbocycles. The minimum Gasteiger partial charge on any atom is -0.350 e. The minimum absolute atomic E-state index is 0.110. The maximum Gasteiger partial charge on any atom is 0.283 e. The highest BCUT2D eigenvalue weighted by atomic mass is 35.5. The Hall–Kier alpha value is -1.43. The number of carbonyl (C=O) groups excluding carboxylic acids is 2. The van der Waals surface area contributed by atoms with E-state index in [4.69, 9.17) is 58.0 Å². The summed E-state index contributed by atoms with van der Waals surface area (Å²) in [5.41, 5.74) is 0.440. The van der Waals surface area contributed by atoms with Crippen LogP contribution in [-0.4, -0.2) is 11.8 Å². The van der Waals surface area contributed by atoms with Crippen LogP contribution in [0, 0.1) is 0 Å². The number of hydrogen-bond acceptors (Lipinski definition) is 3. The molecule has 0 saturated heterocycles. The second-order valence-corrected chi connectivity index (χ2v) is 7.11. The zero-order chi connectivity index (χ0) is 18.3. The fourth-order valence-electron chi connectivity index (χ4n) is 2.26. The minimum atomic E-state index is -0.716. The van der Waals surface area contributed by atoms with Gasteiger partial charge in [0.2, 0.25) is 0 Å². The molecule has 0 saturated carbocycles. The predicted octanol–water partition coefficient (Wildman–Crippen LogP) is 5.74. The molecule has 0 fully saturated rings. The second-order valence-electron chi connectivity index (χ2n) is 5.01. The van der Waals surface area contributed by atoms with Crippen molar-refractivity contribution in [2.24, 2.45) is 0 Å². The molecule has 1 heterocycles. The average molecular weight is 437 g/mol. The van der Waals surface area contributed by atoms with E-state index in [1.807, 2.05) is 0 Å². The summed E-state index contributed by atoms with van der Waals surface area (Å²) in [4.78, 5) is 26.0. The third-order valence-electron chi connectivity index (χ3n) is 3.31. The lowest BCUT2D eigenvalue weighted by Gasteiger charge is -2.17. The van der Waals surface area contributed by atoms with Crippen molar-refractivity contribution in [3.05, 3.63) is 67.2 Å². The highest BCUT2D eigenvalue weighted by Gasteiger charge is 2.40. The quantitative estimate of drug-likeness (QED) is 0.625. The highest BCUT2D eigenvalue weighted by Crippen LogP contribution is 2.36. The van der Waals surface area contributed by atoms with Gasteiger partial charge in [0.25, 0.3) is 11.8 Å². The first-order valence-corrected chi connectivity index (χ1v) is 8.63. The van der Waals surface area contributed by atoms with Crippen LogP contribution < -0.4 is 10.2 Å². The zero-order valence-corrected chi connectivity index (χ0v) is 15.9. The molecule has 0 radical (unpaired) electrons. The highest BCUT2D eigenvalue weighted by molar-refractivity contribution is 6.54. The number of nitrogens with zero attached hydrogens (tertiary/aromatic N) is 1. The van der Waals surface area contributed by atoms with Crippen molar-refractivity contribution in [1.82, 2.24) is 0 Å². The zero-order valence-electron chi connectivity index (χ0n) is 12.1. The second kappa shape index (κ2) is 7.06. The fraction of sp³-hybridized carbons (Fsp3) is 0. The molecule has 2 aromatic carbocycles. The summed E-state index contributed by atoms with van der Waals surface area (Å²) in [6.45, 7) is 0. The first-order chi connectivity index (χ1) is 11.8. The molecule has 1 aliphatic rings. The first kappa shape index (κ1) is 18.4. The third kappa shape index (κ3) is 3.59. The first-order valence-electron chi connectivity index (χ1n) is 6.74. The molecule has 25 heavy (non-hydrogen) atoms. The molecule has 0 unspecified atom stereocenters. The number of halogens is 5. The molecule has 2 amide bonds. The van der Waals surface area contributed by atoms with Gasteiger partial charge in [-0.15, -0.1) is 0 Å². The van der Waals surface area contributed by atoms with E-state index in [9.17, 15) is 9.59 Å². The Balaban J connectivity index is 1.98. The Bertz CT molecular complexity index is 922. The van der Waals surface area contributed by atoms with Gasteiger partial charge in [0.1, 0.15) is 10.7 Å². The number of benzene rings is 2. The molecule has 4 nitrogen and oxygen atoms in total. The summed E-state index contributed by atoms with van der Waals surface area (Å²) >= 11 is 29.9. The van der Waals surface area contributed by atoms with Crippen molar-refractivity contribution in [3.8, 4) is 0 Å². The van der Waals surface area contributed by atoms with E-state index >= 15 is 0 Å². The molecular formula is C16H7Cl5N2O2. The van der Waals surface area contributed by atoms with Crippen molar-refractivity contribution >= 4 is 81.2 Å². The molecule has 1 aliphatic heterocycles. The number of imide groups is 1. The normalized spacial score (nSPS) is 14.5. The van der Waals surface area contributed by atoms with Crippen LogP contribution >= 0.6 is 58.0 Å². The third-order valence-corrected chi connectivity index (χ3v) is 4.65. The monoisotopic (exact) mass is 434 g/mol. The average Bonchev–Trinajstić information content (AvgIpc) is 2.73. The molecule has 0 bridgehead atoms. The van der Waals surface area contributed by atoms with Gasteiger partial charge in [0.05, 0.1) is 10.7 Å². The molecule has 2 aromatic rings. The van der Waals surface area contributed by atoms with E-state index in [-0.39, 0.29) is 21.4 Å². The Morgan fingerprint density at radius 3 is 2.04 bits per heavy atom. The smallest absolute Gasteiger partial charge is 0.283 e. The number of carbonyl (C=O) groups is 2. The molecule has 1 N–H and O–H groups in total. The summed E-state index contributed by atoms with van der Waals surface area (Å²) in [6, 6.07) is 9.04. The van der Waals surface area contributed by atoms with Crippen LogP contribution in [-0.2, 0) is 9.59 Å². The maximum atomic E-state index is 12.7. The number of anilines is 2. The van der Waals surface area contributed by atoms with Crippen LogP contribution in [0.3, 0.4) is 0 Å². The van der Waals surface area contributed by atoms with Crippen molar-refractivity contribution in [2.45, 2.75) is 0 Å². The lowest BCUT2D eigenvalue weighted by Crippen LogP contribution is -2.32. The largest absolute Gasteiger partial charge is 0.350 e. The van der Waals surface area contributed by atoms with E-state index < -0.39 is 11.8 Å². The van der Waals surface area contributed by atoms with Crippen LogP contribution in [0.5, 0.6) is 0 Å². The SMILES string of the molecule is O=C1C(Cl)=C(Nc2cc(Cl)cc(Cl)c2)C(=O)N1c1cc(Cl)ccc1Cl. The van der Waals surface area contributed by atoms with Gasteiger partial charge in [-0.05, 0) is 36.4 Å². The van der Waals surface area contributed by atoms with Gasteiger partial charge in [0.15, 0.2) is 0 Å². The number of nitrogens with one attached hydrogen (secondary N) is 1. The van der Waals surface area contributed by atoms with Gasteiger partial charge in [-0.2, -0.15) is 0 Å². The fourth-order valence-corrected chi connectivity index (χ4v) is 3.36. The Labute approximate surface area is 167 Å². The van der Waals surface area contributed by atoms with Crippen molar-refractivity contribution in [1.29, 1.82) is 0 Å². The number of rotatable bonds is 3. The van der Waals surface area contributed by atoms with Gasteiger partial charge in [0, 0.05) is 20.8 Å². The Morgan fingerprint density at radius 1 is 0.760 bits per heavy atom. The number of amides is 2. The Morgan fingerprint density at radius 2 is 1.40 bits per heavy atom. The summed E-state index contributed by atoms with van der Waals surface area (Å²) in [6.07, 6.45) is 0. The van der Waals surface area contributed by atoms with Crippen LogP contribution in [0.15, 0.2) is 47.1 Å². The van der Waals surface area contributed by atoms with Crippen LogP contribution in [0.2, 0.25) is 20.1 Å². The van der Waals surface area contributed by atoms with Crippen LogP contribution in [0.4, 0.5) is 11.4 Å². The van der Waals surface area contributed by atoms with Crippen molar-refractivity contribution in [2.75, 3.05) is 10.2 Å². The van der Waals surface area contributed by atoms with E-state index in [0.717, 1.165) is 4.90 Å². The van der Waals surface area contributed by atoms with Crippen LogP contribution in [0.25, 0.3) is 0 Å². The summed E-state index contributed by atoms with van der Waals surface area (Å²) in [5.74, 6) is -1.39. The molecule has 0 atom stereocenters. The predicted molar refractivity (Wildman–Crippen MR) is 102 cm³/mol. The van der Waals surface area contributed by atoms with Gasteiger partial charge in [-0.25, -0.2) is 4.90 Å². The molecular weight excluding hydrogens is 429 g/mol. The van der Waals surface area contributed by atoms with E-state index in [0.29, 0.717) is 20.8 Å². The summed E-state index contributed by atoms with van der Waals surface area (Å²) in [7, 11) is 0. The van der Waals surface area contributed by atoms with Gasteiger partial charge in [-0.3, -0.25) is 9.59 Å². The van der Waals surface area contributed by atoms with E-state index in [1.54, 1.807) is 6.07 Å². The van der Waals surface area contributed by atoms with Gasteiger partial charge in [-0.1, -0.05) is 58.0 Å². The topological polar surface area (TPSA) is 49.4 Å². The van der Waals surface area contributed by atoms with E-state index in [1.165, 1.54) is 30.3 Å². The summed E-state index contributed by atoms with van der Waals surface area (Å²) < 4.78 is 0. The molecule has 3 rings (SSSR count). The molecule has 128 valence electrons. The Kier molecular flexibility index (Phi) is 5.19. The number of hydrogen-bond donors (Lipinski definition) is 1. The van der Waals surface area contributed by atoms with Crippen LogP contribution in [0.1, 0.15) is 0 Å². The van der Waals surface area contributed by atoms with Crippen molar-refractivity contribution < 1.29 is 9.59 Å². The maximum absolute atomic E-state index is 12.7. The lowest BCUT2D eigenvalue weighted by atomic mass is 10.3. The van der Waals surface area contributed by atoms with Gasteiger partial charge >= 0.3 is 0 Å². The molecule has 0 aromatic heterocycles. The summed E-state index contributed by atoms with van der Waals surface area (Å²) in [5, 5.41) is 3.72. The van der Waals surface area contributed by atoms with E-state index in [2.05, 4.69) is 5.32 Å². The molecule has 0 spiro atoms. The standard InChI is InChI=1S/C16H7Cl5N2O2/c17-7-1-2-11(20)12(6-7)23-15(24)13(21)14(16(23)25)22-10-4-8(18)3-9(19)5-10/h1-6,22H. The molecule has 9 heteroatoms. The van der Waals surface area contributed by atoms with Gasteiger partial charge < -0.3 is 5.32 Å².